The van der Waals surface area contributed by atoms with Crippen LogP contribution in [0.3, 0.4) is 0 Å². The number of aromatic nitrogens is 1. The minimum Gasteiger partial charge on any atom is -0.388 e. The second kappa shape index (κ2) is 6.60. The van der Waals surface area contributed by atoms with Gasteiger partial charge < -0.3 is 10.2 Å². The average Bonchev–Trinajstić information content (AvgIpc) is 2.62. The molecular weight excluding hydrogens is 274 g/mol. The predicted molar refractivity (Wildman–Crippen MR) is 90.7 cm³/mol. The Bertz CT molecular complexity index is 663. The van der Waals surface area contributed by atoms with Gasteiger partial charge in [-0.2, -0.15) is 0 Å². The lowest BCUT2D eigenvalue weighted by atomic mass is 10.0. The van der Waals surface area contributed by atoms with E-state index in [0.717, 1.165) is 36.3 Å². The zero-order valence-electron chi connectivity index (χ0n) is 12.9. The monoisotopic (exact) mass is 295 g/mol. The van der Waals surface area contributed by atoms with Crippen LogP contribution >= 0.6 is 0 Å². The van der Waals surface area contributed by atoms with Gasteiger partial charge >= 0.3 is 0 Å². The van der Waals surface area contributed by atoms with Crippen LogP contribution in [0.25, 0.3) is 11.3 Å². The van der Waals surface area contributed by atoms with Crippen LogP contribution in [-0.2, 0) is 0 Å². The lowest BCUT2D eigenvalue weighted by Gasteiger charge is -2.29. The molecule has 1 saturated heterocycles. The highest BCUT2D eigenvalue weighted by Gasteiger charge is 2.14. The molecule has 2 heterocycles. The summed E-state index contributed by atoms with van der Waals surface area (Å²) in [5, 5.41) is 3.21. The summed E-state index contributed by atoms with van der Waals surface area (Å²) in [6, 6.07) is 9.99. The predicted octanol–water partition coefficient (Wildman–Crippen LogP) is 3.59. The molecule has 0 spiro atoms. The number of aldehydes is 1. The number of carbonyl (C=O) groups excluding carboxylic acids is 1. The molecule has 1 aromatic carbocycles. The molecule has 22 heavy (non-hydrogen) atoms. The highest BCUT2D eigenvalue weighted by atomic mass is 16.1. The fraction of sp³-hybridized carbons (Fsp3) is 0.333. The second-order valence-electron chi connectivity index (χ2n) is 5.62. The summed E-state index contributed by atoms with van der Waals surface area (Å²) in [5.41, 5.74) is 4.76. The molecule has 1 aromatic heterocycles. The average molecular weight is 295 g/mol. The number of rotatable bonds is 4. The van der Waals surface area contributed by atoms with Gasteiger partial charge in [-0.15, -0.1) is 0 Å². The van der Waals surface area contributed by atoms with E-state index in [1.165, 1.54) is 24.9 Å². The molecular formula is C18H21N3O. The normalized spacial score (nSPS) is 14.7. The molecule has 4 nitrogen and oxygen atoms in total. The molecule has 0 bridgehead atoms. The van der Waals surface area contributed by atoms with Crippen LogP contribution in [0.4, 0.5) is 11.4 Å². The van der Waals surface area contributed by atoms with Crippen molar-refractivity contribution in [3.05, 3.63) is 42.1 Å². The van der Waals surface area contributed by atoms with Crippen molar-refractivity contribution in [1.82, 2.24) is 4.98 Å². The lowest BCUT2D eigenvalue weighted by molar-refractivity contribution is 0.112. The number of nitrogens with one attached hydrogen (secondary N) is 1. The Morgan fingerprint density at radius 3 is 2.68 bits per heavy atom. The van der Waals surface area contributed by atoms with E-state index in [4.69, 9.17) is 0 Å². The topological polar surface area (TPSA) is 45.2 Å². The number of hydrogen-bond acceptors (Lipinski definition) is 4. The summed E-state index contributed by atoms with van der Waals surface area (Å²) >= 11 is 0. The number of hydrogen-bond donors (Lipinski definition) is 1. The highest BCUT2D eigenvalue weighted by Crippen LogP contribution is 2.32. The van der Waals surface area contributed by atoms with Gasteiger partial charge in [-0.25, -0.2) is 0 Å². The molecule has 2 aromatic rings. The fourth-order valence-corrected chi connectivity index (χ4v) is 2.98. The first-order chi connectivity index (χ1) is 10.8. The molecule has 0 amide bonds. The van der Waals surface area contributed by atoms with Gasteiger partial charge in [0, 0.05) is 48.8 Å². The van der Waals surface area contributed by atoms with Crippen molar-refractivity contribution < 1.29 is 4.79 Å². The summed E-state index contributed by atoms with van der Waals surface area (Å²) in [6.07, 6.45) is 6.37. The van der Waals surface area contributed by atoms with Gasteiger partial charge in [0.2, 0.25) is 0 Å². The third kappa shape index (κ3) is 2.96. The quantitative estimate of drug-likeness (QED) is 0.876. The lowest BCUT2D eigenvalue weighted by Crippen LogP contribution is -2.29. The first-order valence-corrected chi connectivity index (χ1v) is 7.80. The smallest absolute Gasteiger partial charge is 0.150 e. The Morgan fingerprint density at radius 1 is 1.14 bits per heavy atom. The number of nitrogens with zero attached hydrogens (tertiary/aromatic N) is 2. The van der Waals surface area contributed by atoms with Crippen molar-refractivity contribution in [3.63, 3.8) is 0 Å². The number of benzene rings is 1. The Balaban J connectivity index is 2.01. The fourth-order valence-electron chi connectivity index (χ4n) is 2.98. The first kappa shape index (κ1) is 14.6. The maximum absolute atomic E-state index is 11.0. The highest BCUT2D eigenvalue weighted by molar-refractivity contribution is 5.83. The molecule has 114 valence electrons. The zero-order valence-corrected chi connectivity index (χ0v) is 12.9. The summed E-state index contributed by atoms with van der Waals surface area (Å²) in [6.45, 7) is 2.22. The summed E-state index contributed by atoms with van der Waals surface area (Å²) in [5.74, 6) is 0. The number of piperidine rings is 1. The van der Waals surface area contributed by atoms with Crippen molar-refractivity contribution in [2.75, 3.05) is 30.4 Å². The maximum Gasteiger partial charge on any atom is 0.150 e. The van der Waals surface area contributed by atoms with Crippen LogP contribution in [0.2, 0.25) is 0 Å². The third-order valence-corrected chi connectivity index (χ3v) is 4.19. The van der Waals surface area contributed by atoms with Crippen molar-refractivity contribution in [1.29, 1.82) is 0 Å². The zero-order chi connectivity index (χ0) is 15.4. The standard InChI is InChI=1S/C18H21N3O/c1-19-17-6-5-15(21-9-3-2-4-10-21)12-16(17)18-11-14(13-22)7-8-20-18/h5-8,11-13,19H,2-4,9-10H2,1H3. The van der Waals surface area contributed by atoms with E-state index in [1.807, 2.05) is 13.1 Å². The van der Waals surface area contributed by atoms with E-state index in [0.29, 0.717) is 5.56 Å². The van der Waals surface area contributed by atoms with Gasteiger partial charge in [0.05, 0.1) is 5.69 Å². The van der Waals surface area contributed by atoms with Gasteiger partial charge in [0.1, 0.15) is 6.29 Å². The molecule has 3 rings (SSSR count). The van der Waals surface area contributed by atoms with Crippen LogP contribution in [0.5, 0.6) is 0 Å². The molecule has 1 fully saturated rings. The van der Waals surface area contributed by atoms with E-state index in [2.05, 4.69) is 33.4 Å². The summed E-state index contributed by atoms with van der Waals surface area (Å²) < 4.78 is 0. The first-order valence-electron chi connectivity index (χ1n) is 7.80. The molecule has 4 heteroatoms. The van der Waals surface area contributed by atoms with Gasteiger partial charge in [-0.1, -0.05) is 0 Å². The van der Waals surface area contributed by atoms with E-state index in [9.17, 15) is 4.79 Å². The van der Waals surface area contributed by atoms with Crippen LogP contribution in [-0.4, -0.2) is 31.4 Å². The SMILES string of the molecule is CNc1ccc(N2CCCCC2)cc1-c1cc(C=O)ccn1. The Labute approximate surface area is 131 Å². The Morgan fingerprint density at radius 2 is 1.95 bits per heavy atom. The largest absolute Gasteiger partial charge is 0.388 e. The molecule has 0 radical (unpaired) electrons. The Hall–Kier alpha value is -2.36. The molecule has 0 atom stereocenters. The van der Waals surface area contributed by atoms with Gasteiger partial charge in [0.25, 0.3) is 0 Å². The van der Waals surface area contributed by atoms with E-state index >= 15 is 0 Å². The molecule has 1 aliphatic heterocycles. The minimum atomic E-state index is 0.649. The van der Waals surface area contributed by atoms with Crippen LogP contribution in [0.1, 0.15) is 29.6 Å². The van der Waals surface area contributed by atoms with Crippen LogP contribution < -0.4 is 10.2 Å². The van der Waals surface area contributed by atoms with Gasteiger partial charge in [-0.3, -0.25) is 9.78 Å². The van der Waals surface area contributed by atoms with E-state index in [1.54, 1.807) is 12.3 Å². The van der Waals surface area contributed by atoms with Gasteiger partial charge in [0.15, 0.2) is 0 Å². The van der Waals surface area contributed by atoms with E-state index in [-0.39, 0.29) is 0 Å². The molecule has 0 saturated carbocycles. The molecule has 0 unspecified atom stereocenters. The van der Waals surface area contributed by atoms with Crippen molar-refractivity contribution >= 4 is 17.7 Å². The summed E-state index contributed by atoms with van der Waals surface area (Å²) in [4.78, 5) is 17.9. The van der Waals surface area contributed by atoms with Crippen molar-refractivity contribution in [2.24, 2.45) is 0 Å². The Kier molecular flexibility index (Phi) is 4.37. The number of pyridine rings is 1. The number of anilines is 2. The van der Waals surface area contributed by atoms with Crippen molar-refractivity contribution in [2.45, 2.75) is 19.3 Å². The second-order valence-corrected chi connectivity index (χ2v) is 5.62. The van der Waals surface area contributed by atoms with Crippen LogP contribution in [0, 0.1) is 0 Å². The van der Waals surface area contributed by atoms with Crippen molar-refractivity contribution in [3.8, 4) is 11.3 Å². The number of carbonyl (C=O) groups is 1. The molecule has 1 N–H and O–H groups in total. The summed E-state index contributed by atoms with van der Waals surface area (Å²) in [7, 11) is 1.91. The maximum atomic E-state index is 11.0. The van der Waals surface area contributed by atoms with E-state index < -0.39 is 0 Å². The molecule has 1 aliphatic rings. The molecule has 0 aliphatic carbocycles. The third-order valence-electron chi connectivity index (χ3n) is 4.19. The van der Waals surface area contributed by atoms with Crippen LogP contribution in [0.15, 0.2) is 36.5 Å². The minimum absolute atomic E-state index is 0.649. The van der Waals surface area contributed by atoms with Gasteiger partial charge in [-0.05, 0) is 49.6 Å².